The second-order valence-electron chi connectivity index (χ2n) is 9.09. The summed E-state index contributed by atoms with van der Waals surface area (Å²) in [6.07, 6.45) is 0. The fourth-order valence-corrected chi connectivity index (χ4v) is 8.66. The van der Waals surface area contributed by atoms with Crippen LogP contribution in [0, 0.1) is 34.6 Å². The standard InChI is InChI=1S/C26H28BrO3P/c1-15-8-16(2)11-20(10-15)31(28,21-12-17(3)9-18(4)13-21)22-14-19(5)24-25(23(22)27)30-26(6,7)29-24/h8-14H,1-7H3. The quantitative estimate of drug-likeness (QED) is 0.407. The van der Waals surface area contributed by atoms with E-state index in [1.165, 1.54) is 0 Å². The average Bonchev–Trinajstić information content (AvgIpc) is 2.99. The van der Waals surface area contributed by atoms with E-state index < -0.39 is 12.9 Å². The Morgan fingerprint density at radius 1 is 0.710 bits per heavy atom. The van der Waals surface area contributed by atoms with Crippen LogP contribution >= 0.6 is 23.1 Å². The van der Waals surface area contributed by atoms with Gasteiger partial charge < -0.3 is 14.0 Å². The Labute approximate surface area is 193 Å². The topological polar surface area (TPSA) is 35.5 Å². The van der Waals surface area contributed by atoms with Crippen LogP contribution in [0.2, 0.25) is 0 Å². The number of aryl methyl sites for hydroxylation is 5. The van der Waals surface area contributed by atoms with Crippen molar-refractivity contribution in [1.82, 2.24) is 0 Å². The molecule has 0 aliphatic carbocycles. The van der Waals surface area contributed by atoms with Crippen LogP contribution in [0.1, 0.15) is 41.7 Å². The summed E-state index contributed by atoms with van der Waals surface area (Å²) in [7, 11) is -3.21. The van der Waals surface area contributed by atoms with E-state index in [2.05, 4.69) is 28.1 Å². The summed E-state index contributed by atoms with van der Waals surface area (Å²) < 4.78 is 28.1. The van der Waals surface area contributed by atoms with Gasteiger partial charge in [-0.05, 0) is 86.4 Å². The molecule has 1 heterocycles. The average molecular weight is 499 g/mol. The van der Waals surface area contributed by atoms with Crippen LogP contribution in [0.4, 0.5) is 0 Å². The molecule has 0 aromatic heterocycles. The van der Waals surface area contributed by atoms with E-state index in [4.69, 9.17) is 9.47 Å². The molecule has 31 heavy (non-hydrogen) atoms. The molecule has 0 saturated carbocycles. The second kappa shape index (κ2) is 7.53. The highest BCUT2D eigenvalue weighted by Crippen LogP contribution is 2.52. The summed E-state index contributed by atoms with van der Waals surface area (Å²) >= 11 is 3.75. The van der Waals surface area contributed by atoms with Gasteiger partial charge >= 0.3 is 0 Å². The summed E-state index contributed by atoms with van der Waals surface area (Å²) in [4.78, 5) is 0. The van der Waals surface area contributed by atoms with Crippen LogP contribution in [0.25, 0.3) is 0 Å². The molecular formula is C26H28BrO3P. The van der Waals surface area contributed by atoms with Gasteiger partial charge in [-0.3, -0.25) is 0 Å². The third kappa shape index (κ3) is 3.85. The SMILES string of the molecule is Cc1cc(C)cc(P(=O)(c2cc(C)cc(C)c2)c2cc(C)c3c(c2Br)OC(C)(C)O3)c1. The fourth-order valence-electron chi connectivity index (χ4n) is 4.38. The lowest BCUT2D eigenvalue weighted by atomic mass is 10.2. The molecule has 0 radical (unpaired) electrons. The summed E-state index contributed by atoms with van der Waals surface area (Å²) in [6.45, 7) is 13.9. The van der Waals surface area contributed by atoms with Crippen LogP contribution < -0.4 is 25.4 Å². The van der Waals surface area contributed by atoms with Crippen molar-refractivity contribution in [2.24, 2.45) is 0 Å². The first kappa shape index (κ1) is 22.2. The van der Waals surface area contributed by atoms with Gasteiger partial charge in [-0.1, -0.05) is 34.4 Å². The molecule has 0 bridgehead atoms. The van der Waals surface area contributed by atoms with E-state index in [0.717, 1.165) is 43.7 Å². The first-order chi connectivity index (χ1) is 14.4. The van der Waals surface area contributed by atoms with E-state index >= 15 is 4.57 Å². The molecule has 0 saturated heterocycles. The van der Waals surface area contributed by atoms with Gasteiger partial charge in [0.25, 0.3) is 0 Å². The second-order valence-corrected chi connectivity index (χ2v) is 12.6. The monoisotopic (exact) mass is 498 g/mol. The molecule has 5 heteroatoms. The molecule has 0 amide bonds. The van der Waals surface area contributed by atoms with Crippen LogP contribution in [0.3, 0.4) is 0 Å². The Kier molecular flexibility index (Phi) is 5.39. The van der Waals surface area contributed by atoms with Crippen molar-refractivity contribution in [3.8, 4) is 11.5 Å². The fraction of sp³-hybridized carbons (Fsp3) is 0.308. The van der Waals surface area contributed by atoms with Gasteiger partial charge in [0, 0.05) is 29.8 Å². The summed E-state index contributed by atoms with van der Waals surface area (Å²) in [5, 5.41) is 2.39. The molecule has 1 aliphatic rings. The van der Waals surface area contributed by atoms with Crippen LogP contribution in [-0.4, -0.2) is 5.79 Å². The number of hydrogen-bond acceptors (Lipinski definition) is 3. The molecule has 0 atom stereocenters. The number of benzene rings is 3. The lowest BCUT2D eigenvalue weighted by Crippen LogP contribution is -2.30. The van der Waals surface area contributed by atoms with Gasteiger partial charge in [0.2, 0.25) is 5.79 Å². The van der Waals surface area contributed by atoms with E-state index in [1.807, 2.05) is 78.8 Å². The smallest absolute Gasteiger partial charge is 0.246 e. The number of hydrogen-bond donors (Lipinski definition) is 0. The maximum absolute atomic E-state index is 15.2. The summed E-state index contributed by atoms with van der Waals surface area (Å²) in [5.74, 6) is 0.555. The van der Waals surface area contributed by atoms with Crippen LogP contribution in [0.15, 0.2) is 46.9 Å². The van der Waals surface area contributed by atoms with Crippen molar-refractivity contribution in [2.45, 2.75) is 54.3 Å². The predicted octanol–water partition coefficient (Wildman–Crippen LogP) is 6.14. The van der Waals surface area contributed by atoms with Crippen molar-refractivity contribution in [2.75, 3.05) is 0 Å². The van der Waals surface area contributed by atoms with Crippen LogP contribution in [-0.2, 0) is 4.57 Å². The van der Waals surface area contributed by atoms with Gasteiger partial charge in [0.15, 0.2) is 18.6 Å². The Bertz CT molecular complexity index is 1160. The minimum atomic E-state index is -3.21. The zero-order valence-electron chi connectivity index (χ0n) is 19.1. The maximum Gasteiger partial charge on any atom is 0.246 e. The van der Waals surface area contributed by atoms with Crippen molar-refractivity contribution in [3.63, 3.8) is 0 Å². The Balaban J connectivity index is 2.09. The highest BCUT2D eigenvalue weighted by atomic mass is 79.9. The van der Waals surface area contributed by atoms with E-state index in [1.54, 1.807) is 0 Å². The predicted molar refractivity (Wildman–Crippen MR) is 133 cm³/mol. The van der Waals surface area contributed by atoms with Gasteiger partial charge in [0.05, 0.1) is 4.47 Å². The minimum Gasteiger partial charge on any atom is -0.449 e. The molecule has 1 aliphatic heterocycles. The van der Waals surface area contributed by atoms with E-state index in [0.29, 0.717) is 16.0 Å². The highest BCUT2D eigenvalue weighted by Gasteiger charge is 2.40. The molecule has 0 spiro atoms. The van der Waals surface area contributed by atoms with Gasteiger partial charge in [-0.2, -0.15) is 0 Å². The normalized spacial score (nSPS) is 14.7. The Morgan fingerprint density at radius 2 is 1.13 bits per heavy atom. The molecule has 3 nitrogen and oxygen atoms in total. The zero-order chi connectivity index (χ0) is 22.7. The minimum absolute atomic E-state index is 0.619. The van der Waals surface area contributed by atoms with Crippen molar-refractivity contribution in [1.29, 1.82) is 0 Å². The molecule has 3 aromatic rings. The first-order valence-electron chi connectivity index (χ1n) is 10.4. The number of halogens is 1. The third-order valence-electron chi connectivity index (χ3n) is 5.52. The number of rotatable bonds is 3. The molecule has 3 aromatic carbocycles. The summed E-state index contributed by atoms with van der Waals surface area (Å²) in [5.41, 5.74) is 5.28. The Morgan fingerprint density at radius 3 is 1.58 bits per heavy atom. The number of ether oxygens (including phenoxy) is 2. The van der Waals surface area contributed by atoms with Gasteiger partial charge in [-0.25, -0.2) is 0 Å². The lowest BCUT2D eigenvalue weighted by Gasteiger charge is -2.24. The van der Waals surface area contributed by atoms with Crippen molar-refractivity contribution in [3.05, 3.63) is 74.8 Å². The van der Waals surface area contributed by atoms with Gasteiger partial charge in [0.1, 0.15) is 0 Å². The summed E-state index contributed by atoms with van der Waals surface area (Å²) in [6, 6.07) is 14.4. The maximum atomic E-state index is 15.2. The van der Waals surface area contributed by atoms with Crippen molar-refractivity contribution >= 4 is 39.0 Å². The Hall–Kier alpha value is -2.03. The largest absolute Gasteiger partial charge is 0.449 e. The van der Waals surface area contributed by atoms with E-state index in [9.17, 15) is 0 Å². The molecule has 4 rings (SSSR count). The molecule has 162 valence electrons. The molecule has 0 unspecified atom stereocenters. The third-order valence-corrected chi connectivity index (χ3v) is 9.61. The molecule has 0 fully saturated rings. The lowest BCUT2D eigenvalue weighted by molar-refractivity contribution is -0.0436. The molecular weight excluding hydrogens is 471 g/mol. The first-order valence-corrected chi connectivity index (χ1v) is 12.9. The number of fused-ring (bicyclic) bond motifs is 1. The van der Waals surface area contributed by atoms with E-state index in [-0.39, 0.29) is 0 Å². The van der Waals surface area contributed by atoms with Crippen LogP contribution in [0.5, 0.6) is 11.5 Å². The zero-order valence-corrected chi connectivity index (χ0v) is 21.6. The van der Waals surface area contributed by atoms with Gasteiger partial charge in [-0.15, -0.1) is 0 Å². The highest BCUT2D eigenvalue weighted by molar-refractivity contribution is 9.10. The molecule has 0 N–H and O–H groups in total. The van der Waals surface area contributed by atoms with Crippen molar-refractivity contribution < 1.29 is 14.0 Å².